The molecular formula is C26H42N4O. The molecule has 2 aromatic rings. The van der Waals surface area contributed by atoms with E-state index in [9.17, 15) is 0 Å². The van der Waals surface area contributed by atoms with E-state index >= 15 is 0 Å². The highest BCUT2D eigenvalue weighted by Crippen LogP contribution is 2.45. The van der Waals surface area contributed by atoms with Gasteiger partial charge in [0.05, 0.1) is 0 Å². The minimum atomic E-state index is -0.301. The fourth-order valence-electron chi connectivity index (χ4n) is 5.05. The zero-order chi connectivity index (χ0) is 23.4. The number of anilines is 2. The second-order valence-electron chi connectivity index (χ2n) is 10.3. The van der Waals surface area contributed by atoms with Gasteiger partial charge in [-0.15, -0.1) is 0 Å². The second kappa shape index (κ2) is 9.92. The van der Waals surface area contributed by atoms with Crippen LogP contribution in [0.4, 0.5) is 11.4 Å². The van der Waals surface area contributed by atoms with Crippen molar-refractivity contribution in [3.63, 3.8) is 0 Å². The maximum Gasteiger partial charge on any atom is 0.133 e. The number of nitrogen functional groups attached to an aromatic ring is 2. The lowest BCUT2D eigenvalue weighted by Gasteiger charge is -2.35. The van der Waals surface area contributed by atoms with Crippen LogP contribution in [-0.4, -0.2) is 13.1 Å². The first-order valence-corrected chi connectivity index (χ1v) is 11.3. The van der Waals surface area contributed by atoms with Crippen molar-refractivity contribution >= 4 is 11.4 Å². The Hall–Kier alpha value is -2.24. The zero-order valence-electron chi connectivity index (χ0n) is 20.2. The maximum absolute atomic E-state index is 6.59. The minimum Gasteiger partial charge on any atom is -0.457 e. The number of rotatable bonds is 10. The molecule has 0 aromatic heterocycles. The summed E-state index contributed by atoms with van der Waals surface area (Å²) in [5, 5.41) is 0. The molecule has 2 unspecified atom stereocenters. The number of benzene rings is 2. The third-order valence-electron chi connectivity index (χ3n) is 6.16. The van der Waals surface area contributed by atoms with Crippen molar-refractivity contribution in [3.8, 4) is 11.5 Å². The molecule has 0 heterocycles. The van der Waals surface area contributed by atoms with Gasteiger partial charge in [0.15, 0.2) is 0 Å². The fourth-order valence-corrected chi connectivity index (χ4v) is 5.05. The molecular weight excluding hydrogens is 384 g/mol. The van der Waals surface area contributed by atoms with Crippen molar-refractivity contribution in [2.45, 2.75) is 65.2 Å². The molecule has 0 fully saturated rings. The zero-order valence-corrected chi connectivity index (χ0v) is 20.2. The Morgan fingerprint density at radius 1 is 0.710 bits per heavy atom. The Morgan fingerprint density at radius 3 is 1.35 bits per heavy atom. The standard InChI is InChI=1S/C26H42N4O/c1-17(2)13-25(5,15-27)23-19(29)9-7-11-21(23)31-22-12-8-10-20(30)24(22)26(6,16-28)14-18(3)4/h7-12,17-18H,13-16,27-30H2,1-6H3. The second-order valence-corrected chi connectivity index (χ2v) is 10.3. The van der Waals surface area contributed by atoms with Gasteiger partial charge in [-0.25, -0.2) is 0 Å². The lowest BCUT2D eigenvalue weighted by molar-refractivity contribution is 0.349. The maximum atomic E-state index is 6.59. The van der Waals surface area contributed by atoms with Gasteiger partial charge in [0.1, 0.15) is 11.5 Å². The van der Waals surface area contributed by atoms with Crippen LogP contribution < -0.4 is 27.7 Å². The SMILES string of the molecule is CC(C)CC(C)(CN)c1c(N)cccc1Oc1cccc(N)c1C(C)(CN)CC(C)C. The van der Waals surface area contributed by atoms with Gasteiger partial charge in [0, 0.05) is 46.4 Å². The molecule has 31 heavy (non-hydrogen) atoms. The predicted octanol–water partition coefficient (Wildman–Crippen LogP) is 5.17. The average molecular weight is 427 g/mol. The van der Waals surface area contributed by atoms with Gasteiger partial charge >= 0.3 is 0 Å². The van der Waals surface area contributed by atoms with Crippen LogP contribution in [0, 0.1) is 11.8 Å². The van der Waals surface area contributed by atoms with Gasteiger partial charge < -0.3 is 27.7 Å². The van der Waals surface area contributed by atoms with E-state index < -0.39 is 0 Å². The van der Waals surface area contributed by atoms with E-state index in [2.05, 4.69) is 41.5 Å². The Kier molecular flexibility index (Phi) is 8.01. The molecule has 0 radical (unpaired) electrons. The first kappa shape index (κ1) is 25.0. The van der Waals surface area contributed by atoms with Crippen LogP contribution in [0.5, 0.6) is 11.5 Å². The van der Waals surface area contributed by atoms with Gasteiger partial charge in [-0.2, -0.15) is 0 Å². The summed E-state index contributed by atoms with van der Waals surface area (Å²) in [6, 6.07) is 11.6. The molecule has 0 aliphatic heterocycles. The molecule has 2 rings (SSSR count). The van der Waals surface area contributed by atoms with Crippen LogP contribution in [0.15, 0.2) is 36.4 Å². The van der Waals surface area contributed by atoms with Crippen molar-refractivity contribution in [3.05, 3.63) is 47.5 Å². The van der Waals surface area contributed by atoms with E-state index in [1.807, 2.05) is 36.4 Å². The van der Waals surface area contributed by atoms with Crippen LogP contribution in [-0.2, 0) is 10.8 Å². The lowest BCUT2D eigenvalue weighted by atomic mass is 9.74. The molecule has 172 valence electrons. The highest BCUT2D eigenvalue weighted by Gasteiger charge is 2.34. The number of hydrogen-bond acceptors (Lipinski definition) is 5. The van der Waals surface area contributed by atoms with E-state index in [0.29, 0.717) is 36.3 Å². The van der Waals surface area contributed by atoms with Crippen molar-refractivity contribution in [2.24, 2.45) is 23.3 Å². The van der Waals surface area contributed by atoms with Gasteiger partial charge in [-0.1, -0.05) is 53.7 Å². The molecule has 8 N–H and O–H groups in total. The van der Waals surface area contributed by atoms with Crippen molar-refractivity contribution < 1.29 is 4.74 Å². The Bertz CT molecular complexity index is 808. The third-order valence-corrected chi connectivity index (χ3v) is 6.16. The molecule has 0 amide bonds. The minimum absolute atomic E-state index is 0.301. The third kappa shape index (κ3) is 5.52. The molecule has 0 bridgehead atoms. The molecule has 2 atom stereocenters. The summed E-state index contributed by atoms with van der Waals surface area (Å²) in [7, 11) is 0. The van der Waals surface area contributed by atoms with E-state index in [-0.39, 0.29) is 10.8 Å². The summed E-state index contributed by atoms with van der Waals surface area (Å²) < 4.78 is 6.59. The molecule has 0 saturated heterocycles. The topological polar surface area (TPSA) is 113 Å². The quantitative estimate of drug-likeness (QED) is 0.391. The van der Waals surface area contributed by atoms with E-state index in [4.69, 9.17) is 27.7 Å². The first-order chi connectivity index (χ1) is 14.5. The lowest BCUT2D eigenvalue weighted by Crippen LogP contribution is -2.35. The highest BCUT2D eigenvalue weighted by molar-refractivity contribution is 5.62. The summed E-state index contributed by atoms with van der Waals surface area (Å²) in [4.78, 5) is 0. The van der Waals surface area contributed by atoms with Gasteiger partial charge in [-0.05, 0) is 48.9 Å². The normalized spacial score (nSPS) is 15.7. The molecule has 2 aromatic carbocycles. The molecule has 5 nitrogen and oxygen atoms in total. The summed E-state index contributed by atoms with van der Waals surface area (Å²) in [5.74, 6) is 2.39. The Morgan fingerprint density at radius 2 is 1.06 bits per heavy atom. The van der Waals surface area contributed by atoms with Gasteiger partial charge in [0.2, 0.25) is 0 Å². The largest absolute Gasteiger partial charge is 0.457 e. The van der Waals surface area contributed by atoms with E-state index in [1.165, 1.54) is 0 Å². The number of ether oxygens (including phenoxy) is 1. The average Bonchev–Trinajstić information content (AvgIpc) is 2.66. The fraction of sp³-hybridized carbons (Fsp3) is 0.538. The Balaban J connectivity index is 2.64. The van der Waals surface area contributed by atoms with Crippen LogP contribution >= 0.6 is 0 Å². The van der Waals surface area contributed by atoms with Crippen LogP contribution in [0.3, 0.4) is 0 Å². The van der Waals surface area contributed by atoms with Gasteiger partial charge in [-0.3, -0.25) is 0 Å². The van der Waals surface area contributed by atoms with E-state index in [1.54, 1.807) is 0 Å². The van der Waals surface area contributed by atoms with E-state index in [0.717, 1.165) is 35.5 Å². The Labute approximate surface area is 188 Å². The van der Waals surface area contributed by atoms with Crippen molar-refractivity contribution in [1.29, 1.82) is 0 Å². The summed E-state index contributed by atoms with van der Waals surface area (Å²) in [6.45, 7) is 14.1. The molecule has 0 aliphatic rings. The first-order valence-electron chi connectivity index (χ1n) is 11.3. The monoisotopic (exact) mass is 426 g/mol. The molecule has 0 spiro atoms. The summed E-state index contributed by atoms with van der Waals surface area (Å²) >= 11 is 0. The van der Waals surface area contributed by atoms with Crippen LogP contribution in [0.1, 0.15) is 65.5 Å². The number of hydrogen-bond donors (Lipinski definition) is 4. The van der Waals surface area contributed by atoms with Crippen LogP contribution in [0.25, 0.3) is 0 Å². The molecule has 0 aliphatic carbocycles. The summed E-state index contributed by atoms with van der Waals surface area (Å²) in [6.07, 6.45) is 1.82. The predicted molar refractivity (Wildman–Crippen MR) is 134 cm³/mol. The van der Waals surface area contributed by atoms with Gasteiger partial charge in [0.25, 0.3) is 0 Å². The number of nitrogens with two attached hydrogens (primary N) is 4. The van der Waals surface area contributed by atoms with Crippen molar-refractivity contribution in [1.82, 2.24) is 0 Å². The smallest absolute Gasteiger partial charge is 0.133 e. The molecule has 5 heteroatoms. The molecule has 0 saturated carbocycles. The van der Waals surface area contributed by atoms with Crippen LogP contribution in [0.2, 0.25) is 0 Å². The van der Waals surface area contributed by atoms with Crippen molar-refractivity contribution in [2.75, 3.05) is 24.6 Å². The summed E-state index contributed by atoms with van der Waals surface area (Å²) in [5.41, 5.74) is 28.2. The highest BCUT2D eigenvalue weighted by atomic mass is 16.5.